The Morgan fingerprint density at radius 1 is 0.967 bits per heavy atom. The van der Waals surface area contributed by atoms with Gasteiger partial charge in [-0.1, -0.05) is 18.2 Å². The summed E-state index contributed by atoms with van der Waals surface area (Å²) >= 11 is 5.33. The van der Waals surface area contributed by atoms with E-state index < -0.39 is 0 Å². The van der Waals surface area contributed by atoms with E-state index in [0.717, 1.165) is 11.3 Å². The molecule has 9 heteroatoms. The Labute approximate surface area is 179 Å². The molecular weight excluding hydrogens is 404 g/mol. The molecule has 0 aliphatic heterocycles. The zero-order valence-corrected chi connectivity index (χ0v) is 17.9. The second kappa shape index (κ2) is 9.75. The molecule has 1 N–H and O–H groups in total. The lowest BCUT2D eigenvalue weighted by atomic mass is 10.1. The van der Waals surface area contributed by atoms with Crippen LogP contribution in [0.4, 0.5) is 0 Å². The van der Waals surface area contributed by atoms with Gasteiger partial charge in [0.2, 0.25) is 10.5 Å². The Balaban J connectivity index is 1.95. The number of H-pyrrole nitrogens is 1. The molecule has 156 valence electrons. The molecule has 0 bridgehead atoms. The molecule has 0 fully saturated rings. The van der Waals surface area contributed by atoms with Crippen molar-refractivity contribution in [3.63, 3.8) is 0 Å². The molecule has 0 amide bonds. The minimum Gasteiger partial charge on any atom is -0.496 e. The number of para-hydroxylation sites is 1. The molecule has 2 aromatic carbocycles. The van der Waals surface area contributed by atoms with Crippen molar-refractivity contribution in [1.82, 2.24) is 14.9 Å². The van der Waals surface area contributed by atoms with E-state index in [9.17, 15) is 0 Å². The van der Waals surface area contributed by atoms with Gasteiger partial charge in [-0.25, -0.2) is 5.10 Å². The van der Waals surface area contributed by atoms with Gasteiger partial charge >= 0.3 is 0 Å². The zero-order valence-electron chi connectivity index (χ0n) is 17.1. The summed E-state index contributed by atoms with van der Waals surface area (Å²) in [4.78, 5) is 0. The van der Waals surface area contributed by atoms with E-state index in [1.165, 1.54) is 4.68 Å². The fraction of sp³-hybridized carbons (Fsp3) is 0.190. The summed E-state index contributed by atoms with van der Waals surface area (Å²) in [5, 5.41) is 11.5. The molecule has 0 saturated carbocycles. The van der Waals surface area contributed by atoms with Crippen LogP contribution in [0.5, 0.6) is 23.0 Å². The molecule has 30 heavy (non-hydrogen) atoms. The summed E-state index contributed by atoms with van der Waals surface area (Å²) in [6, 6.07) is 11.3. The minimum atomic E-state index is 0.348. The fourth-order valence-corrected chi connectivity index (χ4v) is 3.03. The third kappa shape index (κ3) is 4.36. The minimum absolute atomic E-state index is 0.348. The van der Waals surface area contributed by atoms with Gasteiger partial charge in [-0.15, -0.1) is 0 Å². The molecule has 0 aliphatic carbocycles. The van der Waals surface area contributed by atoms with E-state index in [2.05, 4.69) is 15.3 Å². The molecule has 0 spiro atoms. The van der Waals surface area contributed by atoms with Crippen LogP contribution in [0.15, 0.2) is 47.6 Å². The van der Waals surface area contributed by atoms with Gasteiger partial charge in [-0.3, -0.25) is 0 Å². The van der Waals surface area contributed by atoms with Crippen LogP contribution in [0.1, 0.15) is 5.56 Å². The van der Waals surface area contributed by atoms with Crippen LogP contribution in [0.2, 0.25) is 0 Å². The van der Waals surface area contributed by atoms with Gasteiger partial charge in [0.25, 0.3) is 0 Å². The molecule has 8 nitrogen and oxygen atoms in total. The molecule has 0 saturated heterocycles. The second-order valence-electron chi connectivity index (χ2n) is 5.94. The van der Waals surface area contributed by atoms with Crippen molar-refractivity contribution in [2.24, 2.45) is 5.10 Å². The maximum absolute atomic E-state index is 5.42. The van der Waals surface area contributed by atoms with Crippen molar-refractivity contribution in [3.05, 3.63) is 52.8 Å². The maximum Gasteiger partial charge on any atom is 0.216 e. The third-order valence-corrected chi connectivity index (χ3v) is 4.52. The Morgan fingerprint density at radius 3 is 2.27 bits per heavy atom. The predicted molar refractivity (Wildman–Crippen MR) is 118 cm³/mol. The van der Waals surface area contributed by atoms with Crippen LogP contribution >= 0.6 is 12.2 Å². The van der Waals surface area contributed by atoms with E-state index in [-0.39, 0.29) is 0 Å². The lowest BCUT2D eigenvalue weighted by Crippen LogP contribution is -1.98. The van der Waals surface area contributed by atoms with Crippen LogP contribution in [0.3, 0.4) is 0 Å². The first-order valence-electron chi connectivity index (χ1n) is 8.94. The largest absolute Gasteiger partial charge is 0.496 e. The third-order valence-electron chi connectivity index (χ3n) is 4.26. The van der Waals surface area contributed by atoms with E-state index in [1.807, 2.05) is 30.3 Å². The van der Waals surface area contributed by atoms with E-state index in [4.69, 9.17) is 31.2 Å². The van der Waals surface area contributed by atoms with Gasteiger partial charge < -0.3 is 18.9 Å². The highest BCUT2D eigenvalue weighted by atomic mass is 32.1. The summed E-state index contributed by atoms with van der Waals surface area (Å²) in [6.07, 6.45) is 5.32. The SMILES string of the molecule is COc1ccccc1/C=C/C=N/n1c(-c2cc(OC)c(OC)c(OC)c2)n[nH]c1=S. The van der Waals surface area contributed by atoms with Crippen LogP contribution in [0, 0.1) is 4.77 Å². The molecular formula is C21H22N4O4S. The van der Waals surface area contributed by atoms with Crippen molar-refractivity contribution in [2.75, 3.05) is 28.4 Å². The van der Waals surface area contributed by atoms with Gasteiger partial charge in [0.15, 0.2) is 17.3 Å². The predicted octanol–water partition coefficient (Wildman–Crippen LogP) is 4.19. The van der Waals surface area contributed by atoms with Crippen molar-refractivity contribution in [3.8, 4) is 34.4 Å². The molecule has 3 rings (SSSR count). The summed E-state index contributed by atoms with van der Waals surface area (Å²) in [7, 11) is 6.29. The van der Waals surface area contributed by atoms with Crippen molar-refractivity contribution < 1.29 is 18.9 Å². The maximum atomic E-state index is 5.42. The van der Waals surface area contributed by atoms with Gasteiger partial charge in [-0.2, -0.15) is 14.9 Å². The Hall–Kier alpha value is -3.59. The van der Waals surface area contributed by atoms with Gasteiger partial charge in [-0.05, 0) is 42.6 Å². The normalized spacial score (nSPS) is 11.2. The first kappa shape index (κ1) is 21.1. The molecule has 0 aliphatic rings. The number of allylic oxidation sites excluding steroid dienone is 1. The van der Waals surface area contributed by atoms with Crippen LogP contribution in [-0.4, -0.2) is 49.5 Å². The van der Waals surface area contributed by atoms with Crippen molar-refractivity contribution in [1.29, 1.82) is 0 Å². The van der Waals surface area contributed by atoms with E-state index >= 15 is 0 Å². The van der Waals surface area contributed by atoms with Crippen LogP contribution in [-0.2, 0) is 0 Å². The number of methoxy groups -OCH3 is 4. The highest BCUT2D eigenvalue weighted by Crippen LogP contribution is 2.40. The summed E-state index contributed by atoms with van der Waals surface area (Å²) in [5.74, 6) is 2.79. The molecule has 0 atom stereocenters. The summed E-state index contributed by atoms with van der Waals surface area (Å²) < 4.78 is 23.4. The number of hydrogen-bond acceptors (Lipinski definition) is 7. The summed E-state index contributed by atoms with van der Waals surface area (Å²) in [5.41, 5.74) is 1.63. The Morgan fingerprint density at radius 2 is 1.63 bits per heavy atom. The number of ether oxygens (including phenoxy) is 4. The smallest absolute Gasteiger partial charge is 0.216 e. The van der Waals surface area contributed by atoms with Gasteiger partial charge in [0.05, 0.1) is 28.4 Å². The summed E-state index contributed by atoms with van der Waals surface area (Å²) in [6.45, 7) is 0. The van der Waals surface area contributed by atoms with Gasteiger partial charge in [0.1, 0.15) is 5.75 Å². The van der Waals surface area contributed by atoms with Crippen molar-refractivity contribution in [2.45, 2.75) is 0 Å². The Kier molecular flexibility index (Phi) is 6.87. The monoisotopic (exact) mass is 426 g/mol. The topological polar surface area (TPSA) is 82.9 Å². The molecule has 1 aromatic heterocycles. The van der Waals surface area contributed by atoms with E-state index in [0.29, 0.717) is 33.4 Å². The first-order chi connectivity index (χ1) is 14.6. The lowest BCUT2D eigenvalue weighted by Gasteiger charge is -2.13. The van der Waals surface area contributed by atoms with E-state index in [1.54, 1.807) is 52.9 Å². The average Bonchev–Trinajstić information content (AvgIpc) is 3.16. The van der Waals surface area contributed by atoms with Crippen molar-refractivity contribution >= 4 is 24.5 Å². The molecule has 3 aromatic rings. The lowest BCUT2D eigenvalue weighted by molar-refractivity contribution is 0.324. The number of aromatic amines is 1. The number of rotatable bonds is 8. The highest BCUT2D eigenvalue weighted by Gasteiger charge is 2.17. The quantitative estimate of drug-likeness (QED) is 0.430. The number of hydrogen-bond donors (Lipinski definition) is 1. The fourth-order valence-electron chi connectivity index (χ4n) is 2.85. The number of nitrogens with one attached hydrogen (secondary N) is 1. The standard InChI is InChI=1S/C21H22N4O4S/c1-26-16-10-6-5-8-14(16)9-7-11-22-25-20(23-24-21(25)30)15-12-17(27-2)19(29-4)18(13-15)28-3/h5-13H,1-4H3,(H,24,30)/b9-7+,22-11+. The Bertz CT molecular complexity index is 1110. The molecule has 0 unspecified atom stereocenters. The second-order valence-corrected chi connectivity index (χ2v) is 6.33. The zero-order chi connectivity index (χ0) is 21.5. The average molecular weight is 426 g/mol. The van der Waals surface area contributed by atoms with Crippen LogP contribution in [0.25, 0.3) is 17.5 Å². The molecule has 1 heterocycles. The number of benzene rings is 2. The number of aromatic nitrogens is 3. The first-order valence-corrected chi connectivity index (χ1v) is 9.35. The van der Waals surface area contributed by atoms with Crippen LogP contribution < -0.4 is 18.9 Å². The highest BCUT2D eigenvalue weighted by molar-refractivity contribution is 7.71. The number of nitrogens with zero attached hydrogens (tertiary/aromatic N) is 3. The van der Waals surface area contributed by atoms with Gasteiger partial charge in [0, 0.05) is 17.3 Å². The molecule has 0 radical (unpaired) electrons.